The summed E-state index contributed by atoms with van der Waals surface area (Å²) >= 11 is 1.15. The minimum atomic E-state index is -0.456. The summed E-state index contributed by atoms with van der Waals surface area (Å²) in [6.45, 7) is 1.90. The predicted molar refractivity (Wildman–Crippen MR) is 124 cm³/mol. The zero-order valence-electron chi connectivity index (χ0n) is 18.1. The Morgan fingerprint density at radius 2 is 1.94 bits per heavy atom. The summed E-state index contributed by atoms with van der Waals surface area (Å²) in [5.41, 5.74) is 1.32. The van der Waals surface area contributed by atoms with Gasteiger partial charge in [-0.3, -0.25) is 14.2 Å². The number of aryl methyl sites for hydroxylation is 1. The third-order valence-corrected chi connectivity index (χ3v) is 7.03. The predicted octanol–water partition coefficient (Wildman–Crippen LogP) is 3.61. The molecule has 0 atom stereocenters. The van der Waals surface area contributed by atoms with Crippen LogP contribution in [-0.4, -0.2) is 34.1 Å². The Kier molecular flexibility index (Phi) is 6.99. The number of rotatable bonds is 7. The van der Waals surface area contributed by atoms with E-state index in [1.165, 1.54) is 17.3 Å². The third kappa shape index (κ3) is 5.07. The standard InChI is InChI=1S/C24H27N3O4S/c1-16-20-22(32-21(16)24(30)31-13-12-17-8-4-2-5-9-17)25-15-27(23(20)29)14-19(28)26-18-10-6-3-7-11-18/h2,4-5,8-9,15,18H,3,6-7,10-14H2,1H3,(H,26,28). The zero-order valence-corrected chi connectivity index (χ0v) is 19.0. The summed E-state index contributed by atoms with van der Waals surface area (Å²) in [5.74, 6) is -0.643. The van der Waals surface area contributed by atoms with Crippen molar-refractivity contribution in [1.82, 2.24) is 14.9 Å². The van der Waals surface area contributed by atoms with Crippen molar-refractivity contribution in [1.29, 1.82) is 0 Å². The van der Waals surface area contributed by atoms with Crippen molar-refractivity contribution in [3.05, 3.63) is 63.0 Å². The lowest BCUT2D eigenvalue weighted by Gasteiger charge is -2.22. The fourth-order valence-corrected chi connectivity index (χ4v) is 5.15. The maximum absolute atomic E-state index is 13.0. The Bertz CT molecular complexity index is 1160. The number of fused-ring (bicyclic) bond motifs is 1. The van der Waals surface area contributed by atoms with Crippen molar-refractivity contribution >= 4 is 33.4 Å². The highest BCUT2D eigenvalue weighted by atomic mass is 32.1. The van der Waals surface area contributed by atoms with Crippen molar-refractivity contribution in [2.75, 3.05) is 6.61 Å². The van der Waals surface area contributed by atoms with Crippen LogP contribution < -0.4 is 10.9 Å². The summed E-state index contributed by atoms with van der Waals surface area (Å²) in [6, 6.07) is 9.97. The monoisotopic (exact) mass is 453 g/mol. The molecule has 0 spiro atoms. The van der Waals surface area contributed by atoms with Crippen LogP contribution in [0.25, 0.3) is 10.2 Å². The Morgan fingerprint density at radius 1 is 1.19 bits per heavy atom. The second kappa shape index (κ2) is 10.1. The Labute approximate surface area is 190 Å². The summed E-state index contributed by atoms with van der Waals surface area (Å²) in [7, 11) is 0. The lowest BCUT2D eigenvalue weighted by atomic mass is 9.95. The number of benzene rings is 1. The second-order valence-electron chi connectivity index (χ2n) is 8.19. The Balaban J connectivity index is 1.44. The molecule has 0 bridgehead atoms. The minimum Gasteiger partial charge on any atom is -0.461 e. The van der Waals surface area contributed by atoms with Crippen LogP contribution >= 0.6 is 11.3 Å². The summed E-state index contributed by atoms with van der Waals surface area (Å²) in [6.07, 6.45) is 7.42. The molecular formula is C24H27N3O4S. The molecule has 2 heterocycles. The van der Waals surface area contributed by atoms with E-state index in [1.807, 2.05) is 30.3 Å². The van der Waals surface area contributed by atoms with Crippen molar-refractivity contribution in [2.24, 2.45) is 0 Å². The van der Waals surface area contributed by atoms with Crippen LogP contribution in [0.3, 0.4) is 0 Å². The van der Waals surface area contributed by atoms with Crippen LogP contribution in [0.1, 0.15) is 52.9 Å². The fraction of sp³-hybridized carbons (Fsp3) is 0.417. The van der Waals surface area contributed by atoms with Gasteiger partial charge < -0.3 is 10.1 Å². The van der Waals surface area contributed by atoms with Crippen LogP contribution in [0.4, 0.5) is 0 Å². The van der Waals surface area contributed by atoms with Crippen LogP contribution in [0, 0.1) is 6.92 Å². The SMILES string of the molecule is Cc1c(C(=O)OCCc2ccccc2)sc2ncn(CC(=O)NC3CCCCC3)c(=O)c12. The van der Waals surface area contributed by atoms with Gasteiger partial charge in [-0.1, -0.05) is 49.6 Å². The molecule has 1 aliphatic carbocycles. The van der Waals surface area contributed by atoms with E-state index in [0.717, 1.165) is 42.6 Å². The molecule has 1 saturated carbocycles. The molecule has 0 aliphatic heterocycles. The average Bonchev–Trinajstić information content (AvgIpc) is 3.14. The number of carbonyl (C=O) groups excluding carboxylic acids is 2. The Hall–Kier alpha value is -3.00. The first-order valence-corrected chi connectivity index (χ1v) is 11.8. The molecule has 2 aromatic heterocycles. The van der Waals surface area contributed by atoms with Crippen LogP contribution in [0.15, 0.2) is 41.5 Å². The van der Waals surface area contributed by atoms with Gasteiger partial charge in [0.15, 0.2) is 0 Å². The van der Waals surface area contributed by atoms with E-state index in [0.29, 0.717) is 27.1 Å². The fourth-order valence-electron chi connectivity index (χ4n) is 4.11. The number of carbonyl (C=O) groups is 2. The lowest BCUT2D eigenvalue weighted by Crippen LogP contribution is -2.39. The van der Waals surface area contributed by atoms with Gasteiger partial charge in [-0.05, 0) is 30.9 Å². The van der Waals surface area contributed by atoms with Crippen LogP contribution in [0.5, 0.6) is 0 Å². The number of nitrogens with one attached hydrogen (secondary N) is 1. The number of esters is 1. The molecule has 8 heteroatoms. The molecular weight excluding hydrogens is 426 g/mol. The first-order chi connectivity index (χ1) is 15.5. The Morgan fingerprint density at radius 3 is 2.69 bits per heavy atom. The van der Waals surface area contributed by atoms with E-state index >= 15 is 0 Å². The summed E-state index contributed by atoms with van der Waals surface area (Å²) in [5, 5.41) is 3.39. The average molecular weight is 454 g/mol. The molecule has 0 saturated heterocycles. The number of hydrogen-bond donors (Lipinski definition) is 1. The normalized spacial score (nSPS) is 14.4. The quantitative estimate of drug-likeness (QED) is 0.552. The lowest BCUT2D eigenvalue weighted by molar-refractivity contribution is -0.122. The number of ether oxygens (including phenoxy) is 1. The maximum atomic E-state index is 13.0. The van der Waals surface area contributed by atoms with Gasteiger partial charge in [-0.15, -0.1) is 11.3 Å². The summed E-state index contributed by atoms with van der Waals surface area (Å²) in [4.78, 5) is 43.2. The highest BCUT2D eigenvalue weighted by molar-refractivity contribution is 7.20. The van der Waals surface area contributed by atoms with Gasteiger partial charge in [-0.25, -0.2) is 9.78 Å². The van der Waals surface area contributed by atoms with Crippen molar-refractivity contribution in [3.8, 4) is 0 Å². The maximum Gasteiger partial charge on any atom is 0.348 e. The van der Waals surface area contributed by atoms with Gasteiger partial charge in [0.25, 0.3) is 5.56 Å². The van der Waals surface area contributed by atoms with Crippen LogP contribution in [-0.2, 0) is 22.5 Å². The van der Waals surface area contributed by atoms with E-state index in [4.69, 9.17) is 4.74 Å². The molecule has 0 radical (unpaired) electrons. The molecule has 1 fully saturated rings. The smallest absolute Gasteiger partial charge is 0.348 e. The first kappa shape index (κ1) is 22.2. The summed E-state index contributed by atoms with van der Waals surface area (Å²) < 4.78 is 6.74. The molecule has 0 unspecified atom stereocenters. The van der Waals surface area contributed by atoms with E-state index in [-0.39, 0.29) is 30.7 Å². The largest absolute Gasteiger partial charge is 0.461 e. The number of hydrogen-bond acceptors (Lipinski definition) is 6. The van der Waals surface area contributed by atoms with Gasteiger partial charge >= 0.3 is 5.97 Å². The van der Waals surface area contributed by atoms with Gasteiger partial charge in [0.05, 0.1) is 18.3 Å². The minimum absolute atomic E-state index is 0.0790. The number of amides is 1. The van der Waals surface area contributed by atoms with E-state index in [2.05, 4.69) is 10.3 Å². The number of aromatic nitrogens is 2. The molecule has 7 nitrogen and oxygen atoms in total. The molecule has 3 aromatic rings. The molecule has 168 valence electrons. The molecule has 1 amide bonds. The van der Waals surface area contributed by atoms with Gasteiger partial charge in [0, 0.05) is 12.5 Å². The van der Waals surface area contributed by atoms with Gasteiger partial charge in [0.1, 0.15) is 16.3 Å². The topological polar surface area (TPSA) is 90.3 Å². The van der Waals surface area contributed by atoms with Gasteiger partial charge in [-0.2, -0.15) is 0 Å². The van der Waals surface area contributed by atoms with Crippen molar-refractivity contribution in [2.45, 2.75) is 58.0 Å². The third-order valence-electron chi connectivity index (χ3n) is 5.85. The first-order valence-electron chi connectivity index (χ1n) is 11.0. The van der Waals surface area contributed by atoms with Gasteiger partial charge in [0.2, 0.25) is 5.91 Å². The molecule has 32 heavy (non-hydrogen) atoms. The molecule has 4 rings (SSSR count). The van der Waals surface area contributed by atoms with Crippen molar-refractivity contribution < 1.29 is 14.3 Å². The molecule has 1 N–H and O–H groups in total. The number of nitrogens with zero attached hydrogens (tertiary/aromatic N) is 2. The highest BCUT2D eigenvalue weighted by Gasteiger charge is 2.22. The van der Waals surface area contributed by atoms with Crippen molar-refractivity contribution in [3.63, 3.8) is 0 Å². The number of thiophene rings is 1. The van der Waals surface area contributed by atoms with Crippen LogP contribution in [0.2, 0.25) is 0 Å². The zero-order chi connectivity index (χ0) is 22.5. The second-order valence-corrected chi connectivity index (χ2v) is 9.19. The highest BCUT2D eigenvalue weighted by Crippen LogP contribution is 2.27. The molecule has 1 aromatic carbocycles. The van der Waals surface area contributed by atoms with E-state index < -0.39 is 5.97 Å². The van der Waals surface area contributed by atoms with E-state index in [1.54, 1.807) is 6.92 Å². The molecule has 1 aliphatic rings. The van der Waals surface area contributed by atoms with E-state index in [9.17, 15) is 14.4 Å².